The number of benzene rings is 1. The molecule has 1 aromatic heterocycles. The van der Waals surface area contributed by atoms with Crippen LogP contribution in [0.4, 0.5) is 0 Å². The first-order valence-corrected chi connectivity index (χ1v) is 6.82. The zero-order chi connectivity index (χ0) is 14.2. The van der Waals surface area contributed by atoms with Crippen molar-refractivity contribution in [1.82, 2.24) is 5.16 Å². The third-order valence-corrected chi connectivity index (χ3v) is 3.74. The van der Waals surface area contributed by atoms with Crippen LogP contribution in [0, 0.1) is 5.41 Å². The predicted octanol–water partition coefficient (Wildman–Crippen LogP) is 3.42. The molecule has 1 aromatic carbocycles. The smallest absolute Gasteiger partial charge is 0.146 e. The first-order chi connectivity index (χ1) is 9.59. The minimum atomic E-state index is 0.0398. The van der Waals surface area contributed by atoms with E-state index >= 15 is 0 Å². The summed E-state index contributed by atoms with van der Waals surface area (Å²) in [7, 11) is 0. The molecule has 0 atom stereocenters. The molecule has 0 saturated heterocycles. The summed E-state index contributed by atoms with van der Waals surface area (Å²) in [4.78, 5) is 0. The molecule has 0 aliphatic heterocycles. The summed E-state index contributed by atoms with van der Waals surface area (Å²) in [5.41, 5.74) is 3.65. The van der Waals surface area contributed by atoms with Crippen LogP contribution in [-0.2, 0) is 12.8 Å². The van der Waals surface area contributed by atoms with E-state index in [-0.39, 0.29) is 5.41 Å². The molecule has 0 saturated carbocycles. The van der Waals surface area contributed by atoms with Gasteiger partial charge >= 0.3 is 0 Å². The lowest BCUT2D eigenvalue weighted by atomic mass is 9.75. The molecule has 1 aliphatic carbocycles. The summed E-state index contributed by atoms with van der Waals surface area (Å²) in [5, 5.41) is 17.0. The Labute approximate surface area is 118 Å². The summed E-state index contributed by atoms with van der Waals surface area (Å²) in [5.74, 6) is 0.833. The minimum absolute atomic E-state index is 0.0398. The molecule has 3 rings (SSSR count). The van der Waals surface area contributed by atoms with Crippen LogP contribution in [-0.4, -0.2) is 16.1 Å². The van der Waals surface area contributed by atoms with Crippen molar-refractivity contribution >= 4 is 5.71 Å². The van der Waals surface area contributed by atoms with E-state index in [2.05, 4.69) is 36.3 Å². The Bertz CT molecular complexity index is 642. The molecule has 0 bridgehead atoms. The molecule has 0 radical (unpaired) electrons. The monoisotopic (exact) mass is 270 g/mol. The zero-order valence-corrected chi connectivity index (χ0v) is 11.8. The number of rotatable bonds is 2. The second kappa shape index (κ2) is 4.78. The maximum atomic E-state index is 9.30. The predicted molar refractivity (Wildman–Crippen MR) is 76.2 cm³/mol. The molecular weight excluding hydrogens is 252 g/mol. The molecule has 1 heterocycles. The van der Waals surface area contributed by atoms with Gasteiger partial charge in [0.15, 0.2) is 0 Å². The standard InChI is InChI=1S/C16H18N2O2/c1-16(2)9-13(17-19)15-12(18-20-14(15)10-16)8-11-6-4-3-5-7-11/h3-7,19H,8-10H2,1-2H3/b17-13+. The second-order valence-electron chi connectivity index (χ2n) is 6.15. The van der Waals surface area contributed by atoms with Crippen LogP contribution in [0.25, 0.3) is 0 Å². The van der Waals surface area contributed by atoms with Gasteiger partial charge in [-0.3, -0.25) is 0 Å². The largest absolute Gasteiger partial charge is 0.411 e. The molecular formula is C16H18N2O2. The van der Waals surface area contributed by atoms with Crippen LogP contribution in [0.2, 0.25) is 0 Å². The van der Waals surface area contributed by atoms with Gasteiger partial charge in [0.2, 0.25) is 0 Å². The Balaban J connectivity index is 1.98. The fraction of sp³-hybridized carbons (Fsp3) is 0.375. The minimum Gasteiger partial charge on any atom is -0.411 e. The van der Waals surface area contributed by atoms with Crippen molar-refractivity contribution in [1.29, 1.82) is 0 Å². The van der Waals surface area contributed by atoms with E-state index in [0.717, 1.165) is 29.9 Å². The van der Waals surface area contributed by atoms with Gasteiger partial charge in [-0.05, 0) is 17.4 Å². The average molecular weight is 270 g/mol. The van der Waals surface area contributed by atoms with Crippen molar-refractivity contribution in [3.63, 3.8) is 0 Å². The number of hydrogen-bond acceptors (Lipinski definition) is 4. The lowest BCUT2D eigenvalue weighted by molar-refractivity contribution is 0.285. The third-order valence-electron chi connectivity index (χ3n) is 3.74. The van der Waals surface area contributed by atoms with E-state index in [0.29, 0.717) is 12.1 Å². The van der Waals surface area contributed by atoms with Gasteiger partial charge in [0.25, 0.3) is 0 Å². The molecule has 2 aromatic rings. The van der Waals surface area contributed by atoms with Crippen LogP contribution in [0.1, 0.15) is 42.8 Å². The van der Waals surface area contributed by atoms with E-state index in [1.807, 2.05) is 18.2 Å². The Morgan fingerprint density at radius 1 is 1.25 bits per heavy atom. The van der Waals surface area contributed by atoms with E-state index in [4.69, 9.17) is 4.52 Å². The molecule has 0 spiro atoms. The quantitative estimate of drug-likeness (QED) is 0.672. The van der Waals surface area contributed by atoms with E-state index in [1.165, 1.54) is 5.56 Å². The van der Waals surface area contributed by atoms with Gasteiger partial charge in [0, 0.05) is 12.8 Å². The van der Waals surface area contributed by atoms with E-state index in [1.54, 1.807) is 0 Å². The zero-order valence-electron chi connectivity index (χ0n) is 11.8. The first kappa shape index (κ1) is 12.9. The lowest BCUT2D eigenvalue weighted by Crippen LogP contribution is -2.27. The van der Waals surface area contributed by atoms with Gasteiger partial charge in [-0.2, -0.15) is 0 Å². The summed E-state index contributed by atoms with van der Waals surface area (Å²) >= 11 is 0. The third kappa shape index (κ3) is 2.33. The highest BCUT2D eigenvalue weighted by molar-refractivity contribution is 6.03. The fourth-order valence-electron chi connectivity index (χ4n) is 2.84. The van der Waals surface area contributed by atoms with Crippen LogP contribution < -0.4 is 0 Å². The first-order valence-electron chi connectivity index (χ1n) is 6.82. The maximum absolute atomic E-state index is 9.30. The average Bonchev–Trinajstić information content (AvgIpc) is 2.80. The highest BCUT2D eigenvalue weighted by Gasteiger charge is 2.35. The topological polar surface area (TPSA) is 58.6 Å². The van der Waals surface area contributed by atoms with Crippen molar-refractivity contribution in [3.05, 3.63) is 52.9 Å². The summed E-state index contributed by atoms with van der Waals surface area (Å²) in [6, 6.07) is 10.1. The maximum Gasteiger partial charge on any atom is 0.146 e. The lowest BCUT2D eigenvalue weighted by Gasteiger charge is -2.28. The van der Waals surface area contributed by atoms with Gasteiger partial charge in [-0.15, -0.1) is 0 Å². The summed E-state index contributed by atoms with van der Waals surface area (Å²) in [6.07, 6.45) is 2.25. The number of fused-ring (bicyclic) bond motifs is 1. The van der Waals surface area contributed by atoms with Crippen molar-refractivity contribution in [2.75, 3.05) is 0 Å². The second-order valence-corrected chi connectivity index (χ2v) is 6.15. The molecule has 1 N–H and O–H groups in total. The Kier molecular flexibility index (Phi) is 3.08. The molecule has 20 heavy (non-hydrogen) atoms. The molecule has 1 aliphatic rings. The van der Waals surface area contributed by atoms with Crippen LogP contribution in [0.3, 0.4) is 0 Å². The van der Waals surface area contributed by atoms with Gasteiger partial charge in [0.05, 0.1) is 17.0 Å². The molecule has 4 nitrogen and oxygen atoms in total. The fourth-order valence-corrected chi connectivity index (χ4v) is 2.84. The number of aromatic nitrogens is 1. The van der Waals surface area contributed by atoms with Crippen molar-refractivity contribution in [3.8, 4) is 0 Å². The molecule has 104 valence electrons. The normalized spacial score (nSPS) is 19.0. The number of nitrogens with zero attached hydrogens (tertiary/aromatic N) is 2. The highest BCUT2D eigenvalue weighted by atomic mass is 16.5. The van der Waals surface area contributed by atoms with Crippen molar-refractivity contribution in [2.45, 2.75) is 33.1 Å². The van der Waals surface area contributed by atoms with Gasteiger partial charge in [0.1, 0.15) is 5.76 Å². The Morgan fingerprint density at radius 2 is 2.00 bits per heavy atom. The SMILES string of the molecule is CC1(C)C/C(=N\O)c2c(Cc3ccccc3)noc2C1. The Morgan fingerprint density at radius 3 is 2.70 bits per heavy atom. The van der Waals surface area contributed by atoms with Gasteiger partial charge < -0.3 is 9.73 Å². The van der Waals surface area contributed by atoms with Crippen LogP contribution >= 0.6 is 0 Å². The Hall–Kier alpha value is -2.10. The summed E-state index contributed by atoms with van der Waals surface area (Å²) in [6.45, 7) is 4.28. The van der Waals surface area contributed by atoms with Crippen LogP contribution in [0.5, 0.6) is 0 Å². The van der Waals surface area contributed by atoms with Gasteiger partial charge in [-0.25, -0.2) is 0 Å². The molecule has 0 fully saturated rings. The number of hydrogen-bond donors (Lipinski definition) is 1. The summed E-state index contributed by atoms with van der Waals surface area (Å²) < 4.78 is 5.49. The molecule has 0 unspecified atom stereocenters. The molecule has 4 heteroatoms. The number of oxime groups is 1. The molecule has 0 amide bonds. The highest BCUT2D eigenvalue weighted by Crippen LogP contribution is 2.36. The van der Waals surface area contributed by atoms with E-state index in [9.17, 15) is 5.21 Å². The van der Waals surface area contributed by atoms with E-state index < -0.39 is 0 Å². The van der Waals surface area contributed by atoms with Gasteiger partial charge in [-0.1, -0.05) is 54.5 Å². The van der Waals surface area contributed by atoms with Crippen molar-refractivity contribution < 1.29 is 9.73 Å². The van der Waals surface area contributed by atoms with Crippen LogP contribution in [0.15, 0.2) is 40.0 Å². The van der Waals surface area contributed by atoms with Crippen molar-refractivity contribution in [2.24, 2.45) is 10.6 Å².